The van der Waals surface area contributed by atoms with Gasteiger partial charge < -0.3 is 15.3 Å². The number of rotatable bonds is 8. The highest BCUT2D eigenvalue weighted by Gasteiger charge is 2.41. The first-order valence-corrected chi connectivity index (χ1v) is 14.1. The molecule has 1 aliphatic carbocycles. The number of piperidine rings is 1. The average molecular weight is 515 g/mol. The highest BCUT2D eigenvalue weighted by Crippen LogP contribution is 2.35. The zero-order valence-electron chi connectivity index (χ0n) is 20.3. The van der Waals surface area contributed by atoms with Crippen molar-refractivity contribution in [1.82, 2.24) is 14.6 Å². The third-order valence-electron chi connectivity index (χ3n) is 7.58. The molecule has 1 aromatic rings. The Balaban J connectivity index is 1.43. The van der Waals surface area contributed by atoms with Crippen molar-refractivity contribution >= 4 is 21.8 Å². The van der Waals surface area contributed by atoms with Gasteiger partial charge in [0.2, 0.25) is 15.9 Å². The number of carbonyl (C=O) groups is 1. The molecule has 0 radical (unpaired) electrons. The molecule has 1 aromatic heterocycles. The van der Waals surface area contributed by atoms with Crippen molar-refractivity contribution < 1.29 is 27.1 Å². The summed E-state index contributed by atoms with van der Waals surface area (Å²) < 4.78 is 54.9. The predicted octanol–water partition coefficient (Wildman–Crippen LogP) is 3.40. The molecule has 2 N–H and O–H groups in total. The third kappa shape index (κ3) is 6.11. The number of anilines is 1. The van der Waals surface area contributed by atoms with E-state index in [1.165, 1.54) is 0 Å². The van der Waals surface area contributed by atoms with Crippen molar-refractivity contribution in [2.75, 3.05) is 31.1 Å². The Morgan fingerprint density at radius 2 is 1.89 bits per heavy atom. The van der Waals surface area contributed by atoms with E-state index < -0.39 is 28.0 Å². The zero-order valence-corrected chi connectivity index (χ0v) is 21.1. The van der Waals surface area contributed by atoms with Crippen molar-refractivity contribution in [3.8, 4) is 0 Å². The number of carboxylic acid groups (broad SMARTS) is 1. The molecule has 1 saturated carbocycles. The van der Waals surface area contributed by atoms with Gasteiger partial charge in [0.15, 0.2) is 0 Å². The number of halogens is 2. The number of alkyl halides is 2. The van der Waals surface area contributed by atoms with E-state index in [-0.39, 0.29) is 30.3 Å². The van der Waals surface area contributed by atoms with Crippen molar-refractivity contribution in [3.05, 3.63) is 17.8 Å². The van der Waals surface area contributed by atoms with Gasteiger partial charge in [-0.2, -0.15) is 4.31 Å². The molecule has 3 heterocycles. The van der Waals surface area contributed by atoms with Gasteiger partial charge in [-0.25, -0.2) is 22.2 Å². The Morgan fingerprint density at radius 1 is 1.17 bits per heavy atom. The summed E-state index contributed by atoms with van der Waals surface area (Å²) in [6, 6.07) is 2.29. The smallest absolute Gasteiger partial charge is 0.322 e. The molecule has 0 bridgehead atoms. The minimum absolute atomic E-state index is 0.0576. The number of sulfonamides is 1. The molecule has 4 rings (SSSR count). The lowest BCUT2D eigenvalue weighted by Crippen LogP contribution is -2.42. The Bertz CT molecular complexity index is 1010. The monoisotopic (exact) mass is 514 g/mol. The molecular weight excluding hydrogens is 478 g/mol. The summed E-state index contributed by atoms with van der Waals surface area (Å²) in [5.74, 6) is -2.92. The molecule has 35 heavy (non-hydrogen) atoms. The van der Waals surface area contributed by atoms with Crippen LogP contribution in [0.4, 0.5) is 14.6 Å². The lowest BCUT2D eigenvalue weighted by molar-refractivity contribution is -0.140. The molecule has 0 aromatic carbocycles. The predicted molar refractivity (Wildman–Crippen MR) is 128 cm³/mol. The number of carboxylic acids is 1. The summed E-state index contributed by atoms with van der Waals surface area (Å²) >= 11 is 0. The van der Waals surface area contributed by atoms with E-state index >= 15 is 0 Å². The van der Waals surface area contributed by atoms with Crippen molar-refractivity contribution in [1.29, 1.82) is 0 Å². The second kappa shape index (κ2) is 10.6. The molecule has 0 unspecified atom stereocenters. The highest BCUT2D eigenvalue weighted by molar-refractivity contribution is 7.89. The lowest BCUT2D eigenvalue weighted by atomic mass is 9.91. The number of hydrogen-bond acceptors (Lipinski definition) is 6. The van der Waals surface area contributed by atoms with Gasteiger partial charge in [-0.3, -0.25) is 4.79 Å². The van der Waals surface area contributed by atoms with Gasteiger partial charge in [-0.05, 0) is 76.5 Å². The molecule has 2 aliphatic heterocycles. The van der Waals surface area contributed by atoms with Crippen LogP contribution in [0.25, 0.3) is 0 Å². The number of pyridine rings is 1. The SMILES string of the molecule is Cc1ccc(S(=O)(=O)N2CCC[C@H]2C(=O)O)c(N2CCC[C@H](CCNC3CCC(F)(F)CC3)C2)n1. The maximum absolute atomic E-state index is 13.5. The van der Waals surface area contributed by atoms with E-state index in [1.54, 1.807) is 12.1 Å². The Hall–Kier alpha value is -1.85. The molecule has 196 valence electrons. The van der Waals surface area contributed by atoms with Crippen molar-refractivity contribution in [2.24, 2.45) is 5.92 Å². The number of aliphatic carboxylic acids is 1. The lowest BCUT2D eigenvalue weighted by Gasteiger charge is -2.36. The van der Waals surface area contributed by atoms with E-state index in [0.29, 0.717) is 56.2 Å². The average Bonchev–Trinajstić information content (AvgIpc) is 3.32. The van der Waals surface area contributed by atoms with Crippen molar-refractivity contribution in [2.45, 2.75) is 87.6 Å². The maximum atomic E-state index is 13.5. The number of nitrogens with zero attached hydrogens (tertiary/aromatic N) is 3. The Kier molecular flexibility index (Phi) is 7.97. The Morgan fingerprint density at radius 3 is 2.60 bits per heavy atom. The van der Waals surface area contributed by atoms with Gasteiger partial charge >= 0.3 is 5.97 Å². The highest BCUT2D eigenvalue weighted by atomic mass is 32.2. The molecule has 3 aliphatic rings. The summed E-state index contributed by atoms with van der Waals surface area (Å²) in [6.45, 7) is 4.09. The van der Waals surface area contributed by atoms with Crippen LogP contribution in [0.2, 0.25) is 0 Å². The molecule has 11 heteroatoms. The van der Waals surface area contributed by atoms with E-state index in [2.05, 4.69) is 10.3 Å². The molecule has 8 nitrogen and oxygen atoms in total. The van der Waals surface area contributed by atoms with Crippen LogP contribution in [0.3, 0.4) is 0 Å². The van der Waals surface area contributed by atoms with Gasteiger partial charge in [0.25, 0.3) is 0 Å². The number of hydrogen-bond donors (Lipinski definition) is 2. The van der Waals surface area contributed by atoms with Crippen LogP contribution in [-0.4, -0.2) is 73.0 Å². The fourth-order valence-electron chi connectivity index (χ4n) is 5.59. The van der Waals surface area contributed by atoms with Crippen LogP contribution in [0.1, 0.15) is 63.5 Å². The van der Waals surface area contributed by atoms with Crippen LogP contribution in [-0.2, 0) is 14.8 Å². The topological polar surface area (TPSA) is 103 Å². The van der Waals surface area contributed by atoms with E-state index in [9.17, 15) is 27.1 Å². The maximum Gasteiger partial charge on any atom is 0.322 e. The molecule has 3 fully saturated rings. The van der Waals surface area contributed by atoms with Crippen molar-refractivity contribution in [3.63, 3.8) is 0 Å². The summed E-state index contributed by atoms with van der Waals surface area (Å²) in [5.41, 5.74) is 0.702. The summed E-state index contributed by atoms with van der Waals surface area (Å²) in [6.07, 6.45) is 4.49. The van der Waals surface area contributed by atoms with E-state index in [1.807, 2.05) is 11.8 Å². The van der Waals surface area contributed by atoms with Crippen LogP contribution in [0.5, 0.6) is 0 Å². The standard InChI is InChI=1S/C24H36F2N4O4S/c1-17-6-7-21(35(33,34)30-15-3-5-20(30)23(31)32)22(28-17)29-14-2-4-18(16-29)10-13-27-19-8-11-24(25,26)12-9-19/h6-7,18-20,27H,2-5,8-16H2,1H3,(H,31,32)/t18-,20+/m1/s1. The molecule has 2 saturated heterocycles. The normalized spacial score (nSPS) is 26.2. The first kappa shape index (κ1) is 26.2. The van der Waals surface area contributed by atoms with Crippen LogP contribution >= 0.6 is 0 Å². The second-order valence-electron chi connectivity index (χ2n) is 10.2. The minimum Gasteiger partial charge on any atom is -0.480 e. The Labute approximate surface area is 206 Å². The fourth-order valence-corrected chi connectivity index (χ4v) is 7.39. The largest absolute Gasteiger partial charge is 0.480 e. The van der Waals surface area contributed by atoms with Gasteiger partial charge in [-0.1, -0.05) is 0 Å². The zero-order chi connectivity index (χ0) is 25.2. The van der Waals surface area contributed by atoms with E-state index in [0.717, 1.165) is 30.1 Å². The summed E-state index contributed by atoms with van der Waals surface area (Å²) in [5, 5.41) is 13.0. The molecule has 0 amide bonds. The van der Waals surface area contributed by atoms with Gasteiger partial charge in [0, 0.05) is 44.2 Å². The number of aryl methyl sites for hydroxylation is 1. The molecule has 2 atom stereocenters. The van der Waals surface area contributed by atoms with Crippen LogP contribution in [0.15, 0.2) is 17.0 Å². The summed E-state index contributed by atoms with van der Waals surface area (Å²) in [4.78, 5) is 18.3. The fraction of sp³-hybridized carbons (Fsp3) is 0.750. The third-order valence-corrected chi connectivity index (χ3v) is 9.50. The van der Waals surface area contributed by atoms with Gasteiger partial charge in [-0.15, -0.1) is 0 Å². The minimum atomic E-state index is -4.01. The first-order valence-electron chi connectivity index (χ1n) is 12.7. The summed E-state index contributed by atoms with van der Waals surface area (Å²) in [7, 11) is -4.01. The van der Waals surface area contributed by atoms with Gasteiger partial charge in [0.05, 0.1) is 0 Å². The quantitative estimate of drug-likeness (QED) is 0.548. The first-order chi connectivity index (χ1) is 16.6. The molecular formula is C24H36F2N4O4S. The second-order valence-corrected chi connectivity index (χ2v) is 12.1. The number of aromatic nitrogens is 1. The van der Waals surface area contributed by atoms with E-state index in [4.69, 9.17) is 0 Å². The molecule has 0 spiro atoms. The number of nitrogens with one attached hydrogen (secondary N) is 1. The van der Waals surface area contributed by atoms with Crippen LogP contribution < -0.4 is 10.2 Å². The van der Waals surface area contributed by atoms with Gasteiger partial charge in [0.1, 0.15) is 16.8 Å². The van der Waals surface area contributed by atoms with Crippen LogP contribution in [0, 0.1) is 12.8 Å².